The summed E-state index contributed by atoms with van der Waals surface area (Å²) < 4.78 is 5.72. The second-order valence-electron chi connectivity index (χ2n) is 5.81. The summed E-state index contributed by atoms with van der Waals surface area (Å²) in [5.41, 5.74) is 1.31. The summed E-state index contributed by atoms with van der Waals surface area (Å²) in [6.07, 6.45) is 6.13. The molecule has 1 aliphatic rings. The first kappa shape index (κ1) is 20.1. The molecule has 2 rings (SSSR count). The highest BCUT2D eigenvalue weighted by Gasteiger charge is 2.20. The highest BCUT2D eigenvalue weighted by atomic mass is 127. The Morgan fingerprint density at radius 1 is 1.22 bits per heavy atom. The van der Waals surface area contributed by atoms with E-state index in [0.717, 1.165) is 37.8 Å². The minimum atomic E-state index is 0. The number of guanidine groups is 1. The van der Waals surface area contributed by atoms with Crippen LogP contribution in [0.1, 0.15) is 50.5 Å². The first-order valence-electron chi connectivity index (χ1n) is 8.51. The molecule has 0 spiro atoms. The number of aliphatic imine (C=N–C) groups is 1. The molecule has 0 saturated carbocycles. The topological polar surface area (TPSA) is 45.7 Å². The Bertz CT molecular complexity index is 479. The summed E-state index contributed by atoms with van der Waals surface area (Å²) in [6, 6.07) is 8.34. The Morgan fingerprint density at radius 2 is 2.04 bits per heavy atom. The Balaban J connectivity index is 0.00000264. The van der Waals surface area contributed by atoms with E-state index in [1.807, 2.05) is 13.1 Å². The number of benzene rings is 1. The third-order valence-electron chi connectivity index (χ3n) is 4.15. The number of hydrogen-bond donors (Lipinski definition) is 2. The molecule has 0 amide bonds. The van der Waals surface area contributed by atoms with Crippen LogP contribution in [0, 0.1) is 0 Å². The Hall–Kier alpha value is -0.980. The van der Waals surface area contributed by atoms with Crippen LogP contribution in [0.3, 0.4) is 0 Å². The van der Waals surface area contributed by atoms with Crippen LogP contribution in [0.2, 0.25) is 0 Å². The number of para-hydroxylation sites is 1. The van der Waals surface area contributed by atoms with Crippen LogP contribution in [0.15, 0.2) is 29.3 Å². The van der Waals surface area contributed by atoms with Crippen LogP contribution in [0.5, 0.6) is 5.75 Å². The van der Waals surface area contributed by atoms with E-state index in [1.54, 1.807) is 0 Å². The maximum absolute atomic E-state index is 5.72. The molecule has 4 nitrogen and oxygen atoms in total. The van der Waals surface area contributed by atoms with Crippen molar-refractivity contribution < 1.29 is 4.74 Å². The smallest absolute Gasteiger partial charge is 0.190 e. The van der Waals surface area contributed by atoms with Gasteiger partial charge in [-0.15, -0.1) is 24.0 Å². The predicted octanol–water partition coefficient (Wildman–Crippen LogP) is 3.92. The molecule has 0 saturated heterocycles. The fraction of sp³-hybridized carbons (Fsp3) is 0.611. The quantitative estimate of drug-likeness (QED) is 0.298. The third-order valence-corrected chi connectivity index (χ3v) is 4.15. The van der Waals surface area contributed by atoms with Crippen LogP contribution >= 0.6 is 24.0 Å². The van der Waals surface area contributed by atoms with E-state index in [1.165, 1.54) is 31.2 Å². The van der Waals surface area contributed by atoms with Crippen molar-refractivity contribution in [1.29, 1.82) is 0 Å². The molecule has 0 bridgehead atoms. The van der Waals surface area contributed by atoms with Gasteiger partial charge in [-0.3, -0.25) is 4.99 Å². The van der Waals surface area contributed by atoms with Crippen molar-refractivity contribution in [2.45, 2.75) is 44.9 Å². The molecule has 2 N–H and O–H groups in total. The Kier molecular flexibility index (Phi) is 10.1. The molecular formula is C18H30IN3O. The van der Waals surface area contributed by atoms with Crippen molar-refractivity contribution >= 4 is 29.9 Å². The van der Waals surface area contributed by atoms with Gasteiger partial charge in [0.2, 0.25) is 0 Å². The molecule has 23 heavy (non-hydrogen) atoms. The largest absolute Gasteiger partial charge is 0.493 e. The molecule has 1 aromatic carbocycles. The Morgan fingerprint density at radius 3 is 2.83 bits per heavy atom. The Labute approximate surface area is 157 Å². The van der Waals surface area contributed by atoms with Crippen molar-refractivity contribution in [3.8, 4) is 5.75 Å². The summed E-state index contributed by atoms with van der Waals surface area (Å²) in [6.45, 7) is 4.92. The third kappa shape index (κ3) is 6.57. The van der Waals surface area contributed by atoms with E-state index in [9.17, 15) is 0 Å². The number of rotatable bonds is 7. The summed E-state index contributed by atoms with van der Waals surface area (Å²) in [7, 11) is 1.83. The number of ether oxygens (including phenoxy) is 1. The second kappa shape index (κ2) is 11.5. The number of nitrogens with one attached hydrogen (secondary N) is 2. The van der Waals surface area contributed by atoms with Gasteiger partial charge in [-0.05, 0) is 24.5 Å². The van der Waals surface area contributed by atoms with Crippen LogP contribution in [0.25, 0.3) is 0 Å². The number of halogens is 1. The number of hydrogen-bond acceptors (Lipinski definition) is 2. The van der Waals surface area contributed by atoms with Gasteiger partial charge >= 0.3 is 0 Å². The lowest BCUT2D eigenvalue weighted by molar-refractivity contribution is 0.267. The molecule has 1 unspecified atom stereocenters. The molecule has 0 aliphatic carbocycles. The van der Waals surface area contributed by atoms with E-state index in [0.29, 0.717) is 5.92 Å². The lowest BCUT2D eigenvalue weighted by atomic mass is 9.93. The van der Waals surface area contributed by atoms with E-state index >= 15 is 0 Å². The maximum atomic E-state index is 5.72. The fourth-order valence-electron chi connectivity index (χ4n) is 2.83. The van der Waals surface area contributed by atoms with Gasteiger partial charge in [-0.25, -0.2) is 0 Å². The SMILES string of the molecule is CCCCCCNC(=NC)NCC1CCOc2ccccc21.I. The number of nitrogens with zero attached hydrogens (tertiary/aromatic N) is 1. The van der Waals surface area contributed by atoms with Crippen molar-refractivity contribution in [1.82, 2.24) is 10.6 Å². The van der Waals surface area contributed by atoms with Crippen LogP contribution in [0.4, 0.5) is 0 Å². The molecule has 5 heteroatoms. The molecule has 1 aliphatic heterocycles. The van der Waals surface area contributed by atoms with E-state index in [-0.39, 0.29) is 24.0 Å². The molecule has 0 fully saturated rings. The molecule has 130 valence electrons. The van der Waals surface area contributed by atoms with Gasteiger partial charge in [0.1, 0.15) is 5.75 Å². The van der Waals surface area contributed by atoms with Gasteiger partial charge in [0.15, 0.2) is 5.96 Å². The fourth-order valence-corrected chi connectivity index (χ4v) is 2.83. The average molecular weight is 431 g/mol. The van der Waals surface area contributed by atoms with Crippen LogP contribution < -0.4 is 15.4 Å². The standard InChI is InChI=1S/C18H29N3O.HI/c1-3-4-5-8-12-20-18(19-2)21-14-15-11-13-22-17-10-7-6-9-16(15)17;/h6-7,9-10,15H,3-5,8,11-14H2,1-2H3,(H2,19,20,21);1H. The minimum Gasteiger partial charge on any atom is -0.493 e. The van der Waals surface area contributed by atoms with Crippen LogP contribution in [-0.2, 0) is 0 Å². The second-order valence-corrected chi connectivity index (χ2v) is 5.81. The van der Waals surface area contributed by atoms with Crippen molar-refractivity contribution in [2.75, 3.05) is 26.7 Å². The number of fused-ring (bicyclic) bond motifs is 1. The monoisotopic (exact) mass is 431 g/mol. The molecule has 1 atom stereocenters. The molecule has 0 aromatic heterocycles. The average Bonchev–Trinajstić information content (AvgIpc) is 2.57. The highest BCUT2D eigenvalue weighted by molar-refractivity contribution is 14.0. The van der Waals surface area contributed by atoms with Crippen molar-refractivity contribution in [3.05, 3.63) is 29.8 Å². The summed E-state index contributed by atoms with van der Waals surface area (Å²) >= 11 is 0. The number of unbranched alkanes of at least 4 members (excludes halogenated alkanes) is 3. The zero-order valence-corrected chi connectivity index (χ0v) is 16.6. The van der Waals surface area contributed by atoms with E-state index < -0.39 is 0 Å². The van der Waals surface area contributed by atoms with Gasteiger partial charge in [-0.2, -0.15) is 0 Å². The molecule has 1 heterocycles. The zero-order chi connectivity index (χ0) is 15.6. The first-order valence-corrected chi connectivity index (χ1v) is 8.51. The zero-order valence-electron chi connectivity index (χ0n) is 14.3. The van der Waals surface area contributed by atoms with E-state index in [2.05, 4.69) is 40.7 Å². The van der Waals surface area contributed by atoms with Crippen molar-refractivity contribution in [3.63, 3.8) is 0 Å². The molecule has 1 aromatic rings. The van der Waals surface area contributed by atoms with Crippen LogP contribution in [-0.4, -0.2) is 32.7 Å². The van der Waals surface area contributed by atoms with Gasteiger partial charge in [-0.1, -0.05) is 44.4 Å². The van der Waals surface area contributed by atoms with Gasteiger partial charge in [0.25, 0.3) is 0 Å². The summed E-state index contributed by atoms with van der Waals surface area (Å²) in [5.74, 6) is 2.42. The summed E-state index contributed by atoms with van der Waals surface area (Å²) in [5, 5.41) is 6.85. The highest BCUT2D eigenvalue weighted by Crippen LogP contribution is 2.32. The molecular weight excluding hydrogens is 401 g/mol. The maximum Gasteiger partial charge on any atom is 0.190 e. The molecule has 0 radical (unpaired) electrons. The lowest BCUT2D eigenvalue weighted by Crippen LogP contribution is -2.40. The van der Waals surface area contributed by atoms with Crippen molar-refractivity contribution in [2.24, 2.45) is 4.99 Å². The lowest BCUT2D eigenvalue weighted by Gasteiger charge is -2.26. The van der Waals surface area contributed by atoms with Gasteiger partial charge in [0, 0.05) is 26.1 Å². The summed E-state index contributed by atoms with van der Waals surface area (Å²) in [4.78, 5) is 4.31. The normalized spacial score (nSPS) is 16.8. The van der Waals surface area contributed by atoms with Gasteiger partial charge < -0.3 is 15.4 Å². The van der Waals surface area contributed by atoms with Gasteiger partial charge in [0.05, 0.1) is 6.61 Å². The minimum absolute atomic E-state index is 0. The predicted molar refractivity (Wildman–Crippen MR) is 108 cm³/mol. The first-order chi connectivity index (χ1) is 10.8. The van der Waals surface area contributed by atoms with E-state index in [4.69, 9.17) is 4.74 Å².